The predicted molar refractivity (Wildman–Crippen MR) is 111 cm³/mol. The zero-order chi connectivity index (χ0) is 19.1. The van der Waals surface area contributed by atoms with Crippen LogP contribution in [0.25, 0.3) is 12.2 Å². The van der Waals surface area contributed by atoms with Crippen molar-refractivity contribution in [2.75, 3.05) is 0 Å². The molecule has 0 amide bonds. The number of fused-ring (bicyclic) bond motifs is 2. The second-order valence-corrected chi connectivity index (χ2v) is 7.34. The maximum atomic E-state index is 12.6. The smallest absolute Gasteiger partial charge is 0.189 e. The molecular formula is C26H18O2. The van der Waals surface area contributed by atoms with Gasteiger partial charge in [-0.05, 0) is 40.5 Å². The van der Waals surface area contributed by atoms with Crippen LogP contribution in [-0.2, 0) is 12.8 Å². The van der Waals surface area contributed by atoms with Crippen molar-refractivity contribution in [3.63, 3.8) is 0 Å². The summed E-state index contributed by atoms with van der Waals surface area (Å²) in [7, 11) is 0. The standard InChI is InChI=1S/C26H18O2/c27-25-21(15-19-8-1-3-10-23(19)25)13-17-6-5-7-18(12-17)14-22-16-20-9-2-4-11-24(20)26(22)28/h1-14H,15-16H2. The van der Waals surface area contributed by atoms with Gasteiger partial charge in [0.15, 0.2) is 11.6 Å². The molecule has 0 aromatic heterocycles. The highest BCUT2D eigenvalue weighted by Gasteiger charge is 2.25. The summed E-state index contributed by atoms with van der Waals surface area (Å²) in [6.45, 7) is 0. The molecule has 0 bridgehead atoms. The maximum Gasteiger partial charge on any atom is 0.189 e. The molecule has 3 aromatic carbocycles. The molecule has 28 heavy (non-hydrogen) atoms. The van der Waals surface area contributed by atoms with Crippen LogP contribution in [0.5, 0.6) is 0 Å². The van der Waals surface area contributed by atoms with Gasteiger partial charge >= 0.3 is 0 Å². The van der Waals surface area contributed by atoms with E-state index in [1.165, 1.54) is 0 Å². The Labute approximate surface area is 163 Å². The fourth-order valence-electron chi connectivity index (χ4n) is 4.08. The first kappa shape index (κ1) is 16.6. The molecule has 0 spiro atoms. The number of carbonyl (C=O) groups excluding carboxylic acids is 2. The summed E-state index contributed by atoms with van der Waals surface area (Å²) in [6, 6.07) is 23.6. The fraction of sp³-hybridized carbons (Fsp3) is 0.0769. The van der Waals surface area contributed by atoms with Crippen LogP contribution in [0, 0.1) is 0 Å². The number of hydrogen-bond donors (Lipinski definition) is 0. The molecule has 0 atom stereocenters. The maximum absolute atomic E-state index is 12.6. The summed E-state index contributed by atoms with van der Waals surface area (Å²) < 4.78 is 0. The molecule has 2 nitrogen and oxygen atoms in total. The molecule has 0 N–H and O–H groups in total. The second-order valence-electron chi connectivity index (χ2n) is 7.34. The average Bonchev–Trinajstić information content (AvgIpc) is 3.20. The lowest BCUT2D eigenvalue weighted by Crippen LogP contribution is -1.96. The Bertz CT molecular complexity index is 1100. The molecule has 0 heterocycles. The van der Waals surface area contributed by atoms with E-state index in [0.29, 0.717) is 12.8 Å². The number of rotatable bonds is 2. The van der Waals surface area contributed by atoms with Crippen molar-refractivity contribution in [3.8, 4) is 0 Å². The molecule has 2 aliphatic rings. The third kappa shape index (κ3) is 2.84. The highest BCUT2D eigenvalue weighted by Crippen LogP contribution is 2.29. The van der Waals surface area contributed by atoms with Crippen molar-refractivity contribution in [1.82, 2.24) is 0 Å². The molecule has 2 heteroatoms. The summed E-state index contributed by atoms with van der Waals surface area (Å²) in [5.41, 5.74) is 7.38. The molecule has 0 saturated heterocycles. The van der Waals surface area contributed by atoms with Crippen LogP contribution in [0.3, 0.4) is 0 Å². The number of allylic oxidation sites excluding steroid dienone is 2. The minimum absolute atomic E-state index is 0.112. The Morgan fingerprint density at radius 2 is 1.04 bits per heavy atom. The molecule has 5 rings (SSSR count). The van der Waals surface area contributed by atoms with Crippen molar-refractivity contribution < 1.29 is 9.59 Å². The molecular weight excluding hydrogens is 344 g/mol. The van der Waals surface area contributed by atoms with Crippen LogP contribution in [0.4, 0.5) is 0 Å². The van der Waals surface area contributed by atoms with E-state index in [2.05, 4.69) is 0 Å². The van der Waals surface area contributed by atoms with Gasteiger partial charge in [-0.2, -0.15) is 0 Å². The minimum Gasteiger partial charge on any atom is -0.289 e. The van der Waals surface area contributed by atoms with E-state index < -0.39 is 0 Å². The first-order valence-corrected chi connectivity index (χ1v) is 9.45. The van der Waals surface area contributed by atoms with Crippen molar-refractivity contribution >= 4 is 23.7 Å². The van der Waals surface area contributed by atoms with E-state index in [4.69, 9.17) is 0 Å². The van der Waals surface area contributed by atoms with Crippen LogP contribution in [0.1, 0.15) is 43.0 Å². The normalized spacial score (nSPS) is 18.0. The lowest BCUT2D eigenvalue weighted by Gasteiger charge is -2.01. The summed E-state index contributed by atoms with van der Waals surface area (Å²) in [5, 5.41) is 0. The van der Waals surface area contributed by atoms with Gasteiger partial charge in [0.1, 0.15) is 0 Å². The third-order valence-corrected chi connectivity index (χ3v) is 5.46. The lowest BCUT2D eigenvalue weighted by atomic mass is 10.0. The molecule has 2 aliphatic carbocycles. The quantitative estimate of drug-likeness (QED) is 0.577. The third-order valence-electron chi connectivity index (χ3n) is 5.46. The van der Waals surface area contributed by atoms with Gasteiger partial charge in [-0.25, -0.2) is 0 Å². The van der Waals surface area contributed by atoms with Gasteiger partial charge < -0.3 is 0 Å². The van der Waals surface area contributed by atoms with Gasteiger partial charge in [0.25, 0.3) is 0 Å². The Morgan fingerprint density at radius 3 is 1.50 bits per heavy atom. The predicted octanol–water partition coefficient (Wildman–Crippen LogP) is 5.33. The number of carbonyl (C=O) groups is 2. The molecule has 0 radical (unpaired) electrons. The van der Waals surface area contributed by atoms with E-state index in [1.54, 1.807) is 0 Å². The van der Waals surface area contributed by atoms with Gasteiger partial charge in [-0.15, -0.1) is 0 Å². The van der Waals surface area contributed by atoms with Crippen molar-refractivity contribution in [1.29, 1.82) is 0 Å². The Hall–Kier alpha value is -3.52. The van der Waals surface area contributed by atoms with Crippen LogP contribution in [0.2, 0.25) is 0 Å². The lowest BCUT2D eigenvalue weighted by molar-refractivity contribution is 0.103. The van der Waals surface area contributed by atoms with Crippen molar-refractivity contribution in [2.24, 2.45) is 0 Å². The molecule has 0 unspecified atom stereocenters. The second kappa shape index (κ2) is 6.58. The first-order valence-electron chi connectivity index (χ1n) is 9.45. The molecule has 3 aromatic rings. The van der Waals surface area contributed by atoms with Gasteiger partial charge in [0.05, 0.1) is 0 Å². The van der Waals surface area contributed by atoms with Gasteiger partial charge in [0.2, 0.25) is 0 Å². The zero-order valence-electron chi connectivity index (χ0n) is 15.3. The van der Waals surface area contributed by atoms with Crippen molar-refractivity contribution in [3.05, 3.63) is 117 Å². The van der Waals surface area contributed by atoms with Crippen LogP contribution in [0.15, 0.2) is 83.9 Å². The Morgan fingerprint density at radius 1 is 0.571 bits per heavy atom. The van der Waals surface area contributed by atoms with E-state index in [-0.39, 0.29) is 11.6 Å². The zero-order valence-corrected chi connectivity index (χ0v) is 15.3. The fourth-order valence-corrected chi connectivity index (χ4v) is 4.08. The van der Waals surface area contributed by atoms with Crippen LogP contribution in [-0.4, -0.2) is 11.6 Å². The van der Waals surface area contributed by atoms with Crippen LogP contribution < -0.4 is 0 Å². The van der Waals surface area contributed by atoms with Crippen LogP contribution >= 0.6 is 0 Å². The molecule has 0 fully saturated rings. The highest BCUT2D eigenvalue weighted by molar-refractivity contribution is 6.16. The monoisotopic (exact) mass is 362 g/mol. The summed E-state index contributed by atoms with van der Waals surface area (Å²) in [5.74, 6) is 0.224. The largest absolute Gasteiger partial charge is 0.289 e. The SMILES string of the molecule is O=C1C(=Cc2cccc(C=C3Cc4ccccc4C3=O)c2)Cc2ccccc21. The van der Waals surface area contributed by atoms with Crippen molar-refractivity contribution in [2.45, 2.75) is 12.8 Å². The highest BCUT2D eigenvalue weighted by atomic mass is 16.1. The molecule has 134 valence electrons. The summed E-state index contributed by atoms with van der Waals surface area (Å²) in [6.07, 6.45) is 5.29. The van der Waals surface area contributed by atoms with E-state index in [0.717, 1.165) is 44.5 Å². The number of Topliss-reactive ketones (excluding diaryl/α,β-unsaturated/α-hetero) is 2. The molecule has 0 aliphatic heterocycles. The van der Waals surface area contributed by atoms with E-state index >= 15 is 0 Å². The topological polar surface area (TPSA) is 34.1 Å². The number of hydrogen-bond acceptors (Lipinski definition) is 2. The van der Waals surface area contributed by atoms with E-state index in [9.17, 15) is 9.59 Å². The molecule has 0 saturated carbocycles. The van der Waals surface area contributed by atoms with Gasteiger partial charge in [-0.1, -0.05) is 66.7 Å². The van der Waals surface area contributed by atoms with Gasteiger partial charge in [0, 0.05) is 35.1 Å². The first-order chi connectivity index (χ1) is 13.7. The summed E-state index contributed by atoms with van der Waals surface area (Å²) in [4.78, 5) is 25.2. The minimum atomic E-state index is 0.112. The van der Waals surface area contributed by atoms with Gasteiger partial charge in [-0.3, -0.25) is 9.59 Å². The van der Waals surface area contributed by atoms with E-state index in [1.807, 2.05) is 84.9 Å². The average molecular weight is 362 g/mol. The summed E-state index contributed by atoms with van der Waals surface area (Å²) >= 11 is 0. The number of benzene rings is 3. The Balaban J connectivity index is 1.44. The number of ketones is 2. The Kier molecular flexibility index (Phi) is 3.91.